The molecule has 2 aromatic rings. The van der Waals surface area contributed by atoms with E-state index in [1.54, 1.807) is 18.8 Å². The molecule has 1 aromatic heterocycles. The van der Waals surface area contributed by atoms with Crippen LogP contribution in [0.25, 0.3) is 0 Å². The third-order valence-corrected chi connectivity index (χ3v) is 4.70. The van der Waals surface area contributed by atoms with Crippen molar-refractivity contribution in [2.24, 2.45) is 7.05 Å². The van der Waals surface area contributed by atoms with Crippen molar-refractivity contribution in [2.45, 2.75) is 10.1 Å². The van der Waals surface area contributed by atoms with Crippen LogP contribution in [0.3, 0.4) is 0 Å². The Labute approximate surface area is 136 Å². The summed E-state index contributed by atoms with van der Waals surface area (Å²) in [5, 5.41) is 15.2. The first kappa shape index (κ1) is 16.1. The molecule has 1 heterocycles. The highest BCUT2D eigenvalue weighted by Crippen LogP contribution is 2.19. The van der Waals surface area contributed by atoms with E-state index in [0.29, 0.717) is 17.5 Å². The van der Waals surface area contributed by atoms with Crippen LogP contribution in [0.2, 0.25) is 5.02 Å². The number of carbonyl (C=O) groups is 1. The molecule has 0 bridgehead atoms. The topological polar surface area (TPSA) is 72.7 Å². The van der Waals surface area contributed by atoms with Gasteiger partial charge in [0.1, 0.15) is 0 Å². The van der Waals surface area contributed by atoms with Gasteiger partial charge in [-0.25, -0.2) is 4.68 Å². The Hall–Kier alpha value is -1.25. The first-order valence-corrected chi connectivity index (χ1v) is 8.50. The Morgan fingerprint density at radius 2 is 2.10 bits per heavy atom. The van der Waals surface area contributed by atoms with E-state index in [1.165, 1.54) is 16.4 Å². The smallest absolute Gasteiger partial charge is 0.230 e. The Kier molecular flexibility index (Phi) is 6.34. The van der Waals surface area contributed by atoms with Crippen LogP contribution in [0.5, 0.6) is 0 Å². The Balaban J connectivity index is 1.61. The summed E-state index contributed by atoms with van der Waals surface area (Å²) in [6.07, 6.45) is 0. The molecular weight excluding hydrogens is 330 g/mol. The molecule has 0 saturated carbocycles. The molecule has 0 aliphatic heterocycles. The molecule has 0 aliphatic carbocycles. The van der Waals surface area contributed by atoms with E-state index in [4.69, 9.17) is 11.6 Å². The van der Waals surface area contributed by atoms with Gasteiger partial charge in [0.2, 0.25) is 11.1 Å². The van der Waals surface area contributed by atoms with Crippen LogP contribution in [0, 0.1) is 0 Å². The summed E-state index contributed by atoms with van der Waals surface area (Å²) >= 11 is 8.80. The third kappa shape index (κ3) is 5.56. The largest absolute Gasteiger partial charge is 0.355 e. The van der Waals surface area contributed by atoms with E-state index in [1.807, 2.05) is 24.3 Å². The molecule has 0 fully saturated rings. The molecule has 2 rings (SSSR count). The van der Waals surface area contributed by atoms with Crippen LogP contribution < -0.4 is 5.32 Å². The predicted octanol–water partition coefficient (Wildman–Crippen LogP) is 1.86. The van der Waals surface area contributed by atoms with Gasteiger partial charge in [0.05, 0.1) is 5.75 Å². The molecule has 1 amide bonds. The average molecular weight is 344 g/mol. The third-order valence-electron chi connectivity index (χ3n) is 2.42. The lowest BCUT2D eigenvalue weighted by Gasteiger charge is -2.05. The SMILES string of the molecule is Cn1nnnc1SCC(=O)NCCSc1ccc(Cl)cc1. The highest BCUT2D eigenvalue weighted by molar-refractivity contribution is 7.99. The number of aromatic nitrogens is 4. The minimum atomic E-state index is -0.0280. The first-order valence-electron chi connectivity index (χ1n) is 6.15. The van der Waals surface area contributed by atoms with Crippen LogP contribution in [0.1, 0.15) is 0 Å². The number of hydrogen-bond donors (Lipinski definition) is 1. The van der Waals surface area contributed by atoms with Crippen molar-refractivity contribution >= 4 is 41.0 Å². The zero-order valence-electron chi connectivity index (χ0n) is 11.3. The van der Waals surface area contributed by atoms with E-state index >= 15 is 0 Å². The number of benzene rings is 1. The van der Waals surface area contributed by atoms with Gasteiger partial charge in [0.15, 0.2) is 0 Å². The fraction of sp³-hybridized carbons (Fsp3) is 0.333. The van der Waals surface area contributed by atoms with Crippen molar-refractivity contribution in [3.63, 3.8) is 0 Å². The fourth-order valence-electron chi connectivity index (χ4n) is 1.41. The van der Waals surface area contributed by atoms with Crippen molar-refractivity contribution < 1.29 is 4.79 Å². The number of hydrogen-bond acceptors (Lipinski definition) is 6. The van der Waals surface area contributed by atoms with Crippen LogP contribution in [0.15, 0.2) is 34.3 Å². The number of nitrogens with one attached hydrogen (secondary N) is 1. The summed E-state index contributed by atoms with van der Waals surface area (Å²) in [6.45, 7) is 0.615. The fourth-order valence-corrected chi connectivity index (χ4v) is 2.99. The van der Waals surface area contributed by atoms with Crippen molar-refractivity contribution in [1.82, 2.24) is 25.5 Å². The Morgan fingerprint density at radius 3 is 2.76 bits per heavy atom. The summed E-state index contributed by atoms with van der Waals surface area (Å²) in [4.78, 5) is 12.8. The predicted molar refractivity (Wildman–Crippen MR) is 84.7 cm³/mol. The molecule has 9 heteroatoms. The molecule has 0 spiro atoms. The number of nitrogens with zero attached hydrogens (tertiary/aromatic N) is 4. The van der Waals surface area contributed by atoms with Gasteiger partial charge in [-0.3, -0.25) is 4.79 Å². The van der Waals surface area contributed by atoms with Crippen molar-refractivity contribution in [3.8, 4) is 0 Å². The number of amides is 1. The highest BCUT2D eigenvalue weighted by Gasteiger charge is 2.07. The molecular formula is C12H14ClN5OS2. The van der Waals surface area contributed by atoms with Crippen molar-refractivity contribution in [1.29, 1.82) is 0 Å². The minimum absolute atomic E-state index is 0.0280. The molecule has 0 unspecified atom stereocenters. The van der Waals surface area contributed by atoms with Crippen LogP contribution >= 0.6 is 35.1 Å². The quantitative estimate of drug-likeness (QED) is 0.611. The minimum Gasteiger partial charge on any atom is -0.355 e. The first-order chi connectivity index (χ1) is 10.1. The maximum atomic E-state index is 11.7. The van der Waals surface area contributed by atoms with E-state index < -0.39 is 0 Å². The molecule has 112 valence electrons. The maximum absolute atomic E-state index is 11.7. The van der Waals surface area contributed by atoms with Crippen molar-refractivity contribution in [3.05, 3.63) is 29.3 Å². The molecule has 0 saturated heterocycles. The summed E-state index contributed by atoms with van der Waals surface area (Å²) in [7, 11) is 1.74. The molecule has 0 radical (unpaired) electrons. The number of thioether (sulfide) groups is 2. The zero-order chi connectivity index (χ0) is 15.1. The van der Waals surface area contributed by atoms with Gasteiger partial charge in [-0.2, -0.15) is 0 Å². The summed E-state index contributed by atoms with van der Waals surface area (Å²) < 4.78 is 1.54. The van der Waals surface area contributed by atoms with E-state index in [0.717, 1.165) is 15.7 Å². The van der Waals surface area contributed by atoms with Gasteiger partial charge < -0.3 is 5.32 Å². The molecule has 0 aliphatic rings. The van der Waals surface area contributed by atoms with Gasteiger partial charge in [-0.05, 0) is 34.7 Å². The second kappa shape index (κ2) is 8.26. The molecule has 1 aromatic carbocycles. The number of carbonyl (C=O) groups excluding carboxylic acids is 1. The normalized spacial score (nSPS) is 10.6. The van der Waals surface area contributed by atoms with E-state index in [2.05, 4.69) is 20.8 Å². The van der Waals surface area contributed by atoms with Gasteiger partial charge in [0.25, 0.3) is 0 Å². The second-order valence-electron chi connectivity index (χ2n) is 4.03. The lowest BCUT2D eigenvalue weighted by Crippen LogP contribution is -2.27. The zero-order valence-corrected chi connectivity index (χ0v) is 13.7. The second-order valence-corrected chi connectivity index (χ2v) is 6.57. The maximum Gasteiger partial charge on any atom is 0.230 e. The van der Waals surface area contributed by atoms with Gasteiger partial charge in [-0.1, -0.05) is 23.4 Å². The lowest BCUT2D eigenvalue weighted by molar-refractivity contribution is -0.118. The van der Waals surface area contributed by atoms with Crippen LogP contribution in [-0.4, -0.2) is 44.2 Å². The highest BCUT2D eigenvalue weighted by atomic mass is 35.5. The van der Waals surface area contributed by atoms with Crippen LogP contribution in [-0.2, 0) is 11.8 Å². The van der Waals surface area contributed by atoms with Gasteiger partial charge in [0, 0.05) is 29.3 Å². The van der Waals surface area contributed by atoms with Crippen molar-refractivity contribution in [2.75, 3.05) is 18.1 Å². The van der Waals surface area contributed by atoms with E-state index in [-0.39, 0.29) is 5.91 Å². The summed E-state index contributed by atoms with van der Waals surface area (Å²) in [5.41, 5.74) is 0. The Bertz CT molecular complexity index is 590. The molecule has 1 N–H and O–H groups in total. The lowest BCUT2D eigenvalue weighted by atomic mass is 10.4. The summed E-state index contributed by atoms with van der Waals surface area (Å²) in [6, 6.07) is 7.64. The molecule has 6 nitrogen and oxygen atoms in total. The number of aryl methyl sites for hydroxylation is 1. The van der Waals surface area contributed by atoms with E-state index in [9.17, 15) is 4.79 Å². The molecule has 21 heavy (non-hydrogen) atoms. The van der Waals surface area contributed by atoms with Crippen LogP contribution in [0.4, 0.5) is 0 Å². The standard InChI is InChI=1S/C12H14ClN5OS2/c1-18-12(15-16-17-18)21-8-11(19)14-6-7-20-10-4-2-9(13)3-5-10/h2-5H,6-8H2,1H3,(H,14,19). The Morgan fingerprint density at radius 1 is 1.33 bits per heavy atom. The van der Waals surface area contributed by atoms with Gasteiger partial charge >= 0.3 is 0 Å². The average Bonchev–Trinajstić information content (AvgIpc) is 2.89. The molecule has 0 atom stereocenters. The van der Waals surface area contributed by atoms with Gasteiger partial charge in [-0.15, -0.1) is 16.9 Å². The summed E-state index contributed by atoms with van der Waals surface area (Å²) in [5.74, 6) is 1.09. The number of rotatable bonds is 7. The number of tetrazole rings is 1. The number of halogens is 1. The monoisotopic (exact) mass is 343 g/mol.